The predicted molar refractivity (Wildman–Crippen MR) is 94.9 cm³/mol. The summed E-state index contributed by atoms with van der Waals surface area (Å²) in [6.07, 6.45) is -1.30. The molecule has 1 unspecified atom stereocenters. The van der Waals surface area contributed by atoms with Crippen molar-refractivity contribution in [2.45, 2.75) is 17.6 Å². The maximum Gasteiger partial charge on any atom is 0.337 e. The number of benzene rings is 2. The smallest absolute Gasteiger partial charge is 0.337 e. The van der Waals surface area contributed by atoms with Crippen LogP contribution in [0.25, 0.3) is 11.3 Å². The van der Waals surface area contributed by atoms with Crippen LogP contribution in [0.1, 0.15) is 17.4 Å². The van der Waals surface area contributed by atoms with Crippen LogP contribution in [0.5, 0.6) is 0 Å². The van der Waals surface area contributed by atoms with Crippen LogP contribution in [-0.4, -0.2) is 24.7 Å². The van der Waals surface area contributed by atoms with E-state index in [0.29, 0.717) is 11.5 Å². The van der Waals surface area contributed by atoms with Crippen molar-refractivity contribution in [3.8, 4) is 11.3 Å². The van der Waals surface area contributed by atoms with E-state index in [1.165, 1.54) is 24.3 Å². The van der Waals surface area contributed by atoms with E-state index in [0.717, 1.165) is 5.56 Å². The van der Waals surface area contributed by atoms with Crippen molar-refractivity contribution in [3.63, 3.8) is 0 Å². The second-order valence-electron chi connectivity index (χ2n) is 5.69. The van der Waals surface area contributed by atoms with Gasteiger partial charge in [-0.15, -0.1) is 0 Å². The van der Waals surface area contributed by atoms with Crippen LogP contribution >= 0.6 is 0 Å². The molecule has 1 heterocycles. The van der Waals surface area contributed by atoms with Gasteiger partial charge >= 0.3 is 5.97 Å². The highest BCUT2D eigenvalue weighted by Crippen LogP contribution is 2.23. The summed E-state index contributed by atoms with van der Waals surface area (Å²) in [4.78, 5) is 11.4. The highest BCUT2D eigenvalue weighted by molar-refractivity contribution is 7.89. The molecule has 0 radical (unpaired) electrons. The lowest BCUT2D eigenvalue weighted by molar-refractivity contribution is -0.152. The molecule has 27 heavy (non-hydrogen) atoms. The lowest BCUT2D eigenvalue weighted by atomic mass is 10.1. The van der Waals surface area contributed by atoms with Gasteiger partial charge in [-0.25, -0.2) is 18.4 Å². The highest BCUT2D eigenvalue weighted by atomic mass is 32.2. The van der Waals surface area contributed by atoms with E-state index in [9.17, 15) is 18.3 Å². The highest BCUT2D eigenvalue weighted by Gasteiger charge is 2.22. The molecule has 0 bridgehead atoms. The molecule has 8 nitrogen and oxygen atoms in total. The van der Waals surface area contributed by atoms with Gasteiger partial charge in [-0.2, -0.15) is 0 Å². The topological polar surface area (TPSA) is 133 Å². The van der Waals surface area contributed by atoms with Crippen LogP contribution in [-0.2, 0) is 26.2 Å². The fourth-order valence-corrected chi connectivity index (χ4v) is 2.95. The summed E-state index contributed by atoms with van der Waals surface area (Å²) in [6, 6.07) is 16.2. The zero-order valence-electron chi connectivity index (χ0n) is 14.0. The van der Waals surface area contributed by atoms with Gasteiger partial charge in [0.1, 0.15) is 12.3 Å². The zero-order valence-corrected chi connectivity index (χ0v) is 14.8. The van der Waals surface area contributed by atoms with Crippen molar-refractivity contribution in [1.29, 1.82) is 0 Å². The fourth-order valence-electron chi connectivity index (χ4n) is 2.43. The number of carboxylic acids is 1. The molecular formula is C18H16N2O6S. The Labute approximate surface area is 155 Å². The number of ether oxygens (including phenoxy) is 1. The number of sulfonamides is 1. The molecule has 9 heteroatoms. The van der Waals surface area contributed by atoms with Crippen LogP contribution in [0.15, 0.2) is 70.1 Å². The number of hydrogen-bond acceptors (Lipinski definition) is 6. The van der Waals surface area contributed by atoms with Gasteiger partial charge in [0.2, 0.25) is 10.0 Å². The molecule has 2 aromatic carbocycles. The molecule has 0 amide bonds. The first-order chi connectivity index (χ1) is 12.8. The van der Waals surface area contributed by atoms with Gasteiger partial charge < -0.3 is 14.4 Å². The van der Waals surface area contributed by atoms with Crippen LogP contribution in [0.2, 0.25) is 0 Å². The summed E-state index contributed by atoms with van der Waals surface area (Å²) in [5, 5.41) is 18.4. The Morgan fingerprint density at radius 2 is 1.81 bits per heavy atom. The quantitative estimate of drug-likeness (QED) is 0.634. The first-order valence-electron chi connectivity index (χ1n) is 7.83. The third kappa shape index (κ3) is 4.59. The second-order valence-corrected chi connectivity index (χ2v) is 7.25. The molecule has 0 aliphatic rings. The Hall–Kier alpha value is -3.01. The van der Waals surface area contributed by atoms with E-state index in [-0.39, 0.29) is 17.1 Å². The van der Waals surface area contributed by atoms with Gasteiger partial charge in [-0.3, -0.25) is 0 Å². The molecule has 0 fully saturated rings. The number of carboxylic acid groups (broad SMARTS) is 1. The molecule has 3 rings (SSSR count). The number of aliphatic carboxylic acids is 1. The van der Waals surface area contributed by atoms with Crippen LogP contribution in [0.3, 0.4) is 0 Å². The minimum atomic E-state index is -3.86. The molecular weight excluding hydrogens is 372 g/mol. The van der Waals surface area contributed by atoms with E-state index < -0.39 is 22.1 Å². The molecule has 3 aromatic rings. The van der Waals surface area contributed by atoms with Gasteiger partial charge in [0.25, 0.3) is 0 Å². The second kappa shape index (κ2) is 7.70. The van der Waals surface area contributed by atoms with E-state index in [2.05, 4.69) is 5.16 Å². The van der Waals surface area contributed by atoms with Gasteiger partial charge in [0.05, 0.1) is 4.90 Å². The van der Waals surface area contributed by atoms with Crippen molar-refractivity contribution < 1.29 is 27.6 Å². The first kappa shape index (κ1) is 18.8. The SMILES string of the molecule is NS(=O)(=O)c1ccc(C(OCc2cc(-c3ccccc3)no2)C(=O)O)cc1. The molecule has 0 spiro atoms. The van der Waals surface area contributed by atoms with Gasteiger partial charge in [-0.1, -0.05) is 47.6 Å². The maximum absolute atomic E-state index is 11.5. The van der Waals surface area contributed by atoms with Crippen LogP contribution in [0, 0.1) is 0 Å². The minimum absolute atomic E-state index is 0.113. The Bertz CT molecular complexity index is 1030. The number of nitrogens with zero attached hydrogens (tertiary/aromatic N) is 1. The van der Waals surface area contributed by atoms with Gasteiger partial charge in [0.15, 0.2) is 11.9 Å². The lowest BCUT2D eigenvalue weighted by Crippen LogP contribution is -2.16. The number of rotatable bonds is 7. The predicted octanol–water partition coefficient (Wildman–Crippen LogP) is 2.33. The third-order valence-electron chi connectivity index (χ3n) is 3.76. The standard InChI is InChI=1S/C18H16N2O6S/c19-27(23,24)15-8-6-13(7-9-15)17(18(21)22)25-11-14-10-16(20-26-14)12-4-2-1-3-5-12/h1-10,17H,11H2,(H,21,22)(H2,19,23,24). The molecule has 0 saturated heterocycles. The van der Waals surface area contributed by atoms with Gasteiger partial charge in [0, 0.05) is 11.6 Å². The van der Waals surface area contributed by atoms with Gasteiger partial charge in [-0.05, 0) is 17.7 Å². The normalized spacial score (nSPS) is 12.6. The zero-order chi connectivity index (χ0) is 19.4. The van der Waals surface area contributed by atoms with E-state index in [1.54, 1.807) is 6.07 Å². The summed E-state index contributed by atoms with van der Waals surface area (Å²) < 4.78 is 33.2. The van der Waals surface area contributed by atoms with Crippen molar-refractivity contribution in [2.75, 3.05) is 0 Å². The molecule has 0 saturated carbocycles. The summed E-state index contributed by atoms with van der Waals surface area (Å²) in [7, 11) is -3.86. The Morgan fingerprint density at radius 3 is 2.41 bits per heavy atom. The van der Waals surface area contributed by atoms with Crippen molar-refractivity contribution in [2.24, 2.45) is 5.14 Å². The summed E-state index contributed by atoms with van der Waals surface area (Å²) in [6.45, 7) is -0.117. The fraction of sp³-hybridized carbons (Fsp3) is 0.111. The van der Waals surface area contributed by atoms with E-state index in [1.807, 2.05) is 30.3 Å². The number of aromatic nitrogens is 1. The average Bonchev–Trinajstić information content (AvgIpc) is 3.11. The molecule has 1 atom stereocenters. The summed E-state index contributed by atoms with van der Waals surface area (Å²) >= 11 is 0. The molecule has 0 aliphatic heterocycles. The molecule has 3 N–H and O–H groups in total. The summed E-state index contributed by atoms with van der Waals surface area (Å²) in [5.74, 6) is -0.859. The maximum atomic E-state index is 11.5. The number of carbonyl (C=O) groups is 1. The lowest BCUT2D eigenvalue weighted by Gasteiger charge is -2.13. The van der Waals surface area contributed by atoms with Crippen molar-refractivity contribution in [3.05, 3.63) is 72.0 Å². The minimum Gasteiger partial charge on any atom is -0.479 e. The Balaban J connectivity index is 1.72. The number of primary sulfonamides is 1. The Morgan fingerprint density at radius 1 is 1.15 bits per heavy atom. The van der Waals surface area contributed by atoms with Crippen molar-refractivity contribution >= 4 is 16.0 Å². The van der Waals surface area contributed by atoms with Crippen molar-refractivity contribution in [1.82, 2.24) is 5.16 Å². The largest absolute Gasteiger partial charge is 0.479 e. The molecule has 140 valence electrons. The Kier molecular flexibility index (Phi) is 5.36. The third-order valence-corrected chi connectivity index (χ3v) is 4.69. The molecule has 1 aromatic heterocycles. The first-order valence-corrected chi connectivity index (χ1v) is 9.37. The molecule has 0 aliphatic carbocycles. The van der Waals surface area contributed by atoms with Crippen LogP contribution < -0.4 is 5.14 Å². The number of hydrogen-bond donors (Lipinski definition) is 2. The van der Waals surface area contributed by atoms with E-state index in [4.69, 9.17) is 14.4 Å². The number of nitrogens with two attached hydrogens (primary N) is 1. The monoisotopic (exact) mass is 388 g/mol. The summed E-state index contributed by atoms with van der Waals surface area (Å²) in [5.41, 5.74) is 1.75. The average molecular weight is 388 g/mol. The van der Waals surface area contributed by atoms with E-state index >= 15 is 0 Å². The van der Waals surface area contributed by atoms with Crippen LogP contribution in [0.4, 0.5) is 0 Å².